The third-order valence-corrected chi connectivity index (χ3v) is 5.27. The second-order valence-corrected chi connectivity index (χ2v) is 7.19. The molecule has 0 radical (unpaired) electrons. The molecule has 2 N–H and O–H groups in total. The molecule has 2 aromatic heterocycles. The summed E-state index contributed by atoms with van der Waals surface area (Å²) in [5, 5.41) is 16.6. The van der Waals surface area contributed by atoms with E-state index in [1.807, 2.05) is 18.2 Å². The molecular weight excluding hydrogens is 479 g/mol. The van der Waals surface area contributed by atoms with Crippen LogP contribution in [0.25, 0.3) is 11.0 Å². The van der Waals surface area contributed by atoms with E-state index in [1.165, 1.54) is 24.8 Å². The molecule has 0 saturated carbocycles. The number of nitrogens with zero attached hydrogens (tertiary/aromatic N) is 4. The van der Waals surface area contributed by atoms with Gasteiger partial charge >= 0.3 is 0 Å². The van der Waals surface area contributed by atoms with Gasteiger partial charge in [-0.05, 0) is 32.8 Å². The molecule has 29 heavy (non-hydrogen) atoms. The highest BCUT2D eigenvalue weighted by molar-refractivity contribution is 14.0. The Morgan fingerprint density at radius 3 is 2.86 bits per heavy atom. The van der Waals surface area contributed by atoms with Gasteiger partial charge < -0.3 is 19.6 Å². The predicted molar refractivity (Wildman–Crippen MR) is 126 cm³/mol. The molecule has 0 fully saturated rings. The highest BCUT2D eigenvalue weighted by atomic mass is 127. The molecule has 156 valence electrons. The van der Waals surface area contributed by atoms with E-state index >= 15 is 0 Å². The minimum Gasteiger partial charge on any atom is -0.459 e. The molecule has 8 heteroatoms. The van der Waals surface area contributed by atoms with Crippen molar-refractivity contribution in [2.24, 2.45) is 4.99 Å². The summed E-state index contributed by atoms with van der Waals surface area (Å²) < 4.78 is 8.23. The Kier molecular flexibility index (Phi) is 7.51. The summed E-state index contributed by atoms with van der Waals surface area (Å²) in [4.78, 5) is 4.72. The fraction of sp³-hybridized carbons (Fsp3) is 0.476. The molecule has 4 rings (SSSR count). The normalized spacial score (nSPS) is 14.2. The van der Waals surface area contributed by atoms with Gasteiger partial charge in [-0.2, -0.15) is 0 Å². The van der Waals surface area contributed by atoms with E-state index in [1.54, 1.807) is 0 Å². The van der Waals surface area contributed by atoms with Gasteiger partial charge in [-0.25, -0.2) is 4.99 Å². The van der Waals surface area contributed by atoms with Crippen molar-refractivity contribution in [3.63, 3.8) is 0 Å². The summed E-state index contributed by atoms with van der Waals surface area (Å²) in [7, 11) is 0. The summed E-state index contributed by atoms with van der Waals surface area (Å²) in [6.45, 7) is 7.05. The predicted octanol–water partition coefficient (Wildman–Crippen LogP) is 3.93. The second kappa shape index (κ2) is 10.1. The van der Waals surface area contributed by atoms with E-state index < -0.39 is 0 Å². The lowest BCUT2D eigenvalue weighted by Crippen LogP contribution is -2.36. The highest BCUT2D eigenvalue weighted by Gasteiger charge is 2.15. The molecule has 3 aromatic rings. The van der Waals surface area contributed by atoms with E-state index in [0.717, 1.165) is 53.8 Å². The van der Waals surface area contributed by atoms with Gasteiger partial charge in [0.15, 0.2) is 11.8 Å². The number of aromatic nitrogens is 3. The average Bonchev–Trinajstić information content (AvgIpc) is 3.15. The van der Waals surface area contributed by atoms with Crippen molar-refractivity contribution in [3.05, 3.63) is 47.2 Å². The summed E-state index contributed by atoms with van der Waals surface area (Å²) in [5.41, 5.74) is 2.09. The highest BCUT2D eigenvalue weighted by Crippen LogP contribution is 2.24. The molecule has 0 atom stereocenters. The maximum atomic E-state index is 5.99. The number of rotatable bonds is 5. The first-order valence-electron chi connectivity index (χ1n) is 10.2. The van der Waals surface area contributed by atoms with Crippen molar-refractivity contribution in [3.8, 4) is 0 Å². The first kappa shape index (κ1) is 21.6. The zero-order valence-corrected chi connectivity index (χ0v) is 19.4. The van der Waals surface area contributed by atoms with E-state index in [-0.39, 0.29) is 24.0 Å². The molecule has 0 unspecified atom stereocenters. The van der Waals surface area contributed by atoms with Gasteiger partial charge in [0.1, 0.15) is 23.7 Å². The number of hydrogen-bond acceptors (Lipinski definition) is 4. The van der Waals surface area contributed by atoms with Crippen molar-refractivity contribution >= 4 is 40.9 Å². The van der Waals surface area contributed by atoms with Gasteiger partial charge in [-0.3, -0.25) is 0 Å². The number of halogens is 1. The first-order chi connectivity index (χ1) is 13.8. The molecule has 0 aliphatic carbocycles. The fourth-order valence-electron chi connectivity index (χ4n) is 3.71. The number of nitrogens with one attached hydrogen (secondary N) is 2. The van der Waals surface area contributed by atoms with E-state index in [4.69, 9.17) is 9.41 Å². The van der Waals surface area contributed by atoms with Gasteiger partial charge in [0.2, 0.25) is 0 Å². The smallest absolute Gasteiger partial charge is 0.192 e. The van der Waals surface area contributed by atoms with Crippen LogP contribution < -0.4 is 10.6 Å². The third kappa shape index (κ3) is 4.91. The van der Waals surface area contributed by atoms with Crippen LogP contribution in [-0.2, 0) is 26.1 Å². The third-order valence-electron chi connectivity index (χ3n) is 5.27. The van der Waals surface area contributed by atoms with Gasteiger partial charge in [0, 0.05) is 30.5 Å². The molecule has 0 saturated heterocycles. The van der Waals surface area contributed by atoms with Crippen LogP contribution in [0.3, 0.4) is 0 Å². The Hall–Kier alpha value is -2.10. The van der Waals surface area contributed by atoms with Crippen molar-refractivity contribution < 1.29 is 4.42 Å². The minimum atomic E-state index is 0. The van der Waals surface area contributed by atoms with Crippen molar-refractivity contribution in [2.75, 3.05) is 6.54 Å². The second-order valence-electron chi connectivity index (χ2n) is 7.19. The quantitative estimate of drug-likeness (QED) is 0.310. The van der Waals surface area contributed by atoms with Crippen LogP contribution in [0.5, 0.6) is 0 Å². The topological polar surface area (TPSA) is 80.3 Å². The molecular formula is C21H29IN6O. The van der Waals surface area contributed by atoms with Crippen molar-refractivity contribution in [1.82, 2.24) is 25.4 Å². The van der Waals surface area contributed by atoms with Crippen LogP contribution in [0.2, 0.25) is 0 Å². The lowest BCUT2D eigenvalue weighted by Gasteiger charge is -2.11. The standard InChI is InChI=1S/C21H28N6O.HI/c1-3-22-21(23-13-18-15(2)16-9-6-7-10-17(16)28-18)24-14-20-26-25-19-11-5-4-8-12-27(19)20;/h6-7,9-10H,3-5,8,11-14H2,1-2H3,(H2,22,23,24);1H. The lowest BCUT2D eigenvalue weighted by atomic mass is 10.1. The Morgan fingerprint density at radius 1 is 1.17 bits per heavy atom. The minimum absolute atomic E-state index is 0. The summed E-state index contributed by atoms with van der Waals surface area (Å²) in [6, 6.07) is 8.13. The number of aryl methyl sites for hydroxylation is 2. The van der Waals surface area contributed by atoms with Crippen LogP contribution in [0.15, 0.2) is 33.7 Å². The average molecular weight is 508 g/mol. The number of fused-ring (bicyclic) bond motifs is 2. The van der Waals surface area contributed by atoms with E-state index in [9.17, 15) is 0 Å². The zero-order valence-electron chi connectivity index (χ0n) is 17.1. The number of guanidine groups is 1. The summed E-state index contributed by atoms with van der Waals surface area (Å²) in [6.07, 6.45) is 4.65. The molecule has 3 heterocycles. The molecule has 1 aliphatic rings. The van der Waals surface area contributed by atoms with Gasteiger partial charge in [-0.1, -0.05) is 24.6 Å². The first-order valence-corrected chi connectivity index (χ1v) is 10.2. The number of para-hydroxylation sites is 1. The molecule has 0 bridgehead atoms. The maximum absolute atomic E-state index is 5.99. The molecule has 0 spiro atoms. The van der Waals surface area contributed by atoms with Crippen LogP contribution in [0.4, 0.5) is 0 Å². The van der Waals surface area contributed by atoms with Crippen molar-refractivity contribution in [1.29, 1.82) is 0 Å². The monoisotopic (exact) mass is 508 g/mol. The van der Waals surface area contributed by atoms with Crippen LogP contribution in [0, 0.1) is 6.92 Å². The van der Waals surface area contributed by atoms with E-state index in [2.05, 4.69) is 45.3 Å². The van der Waals surface area contributed by atoms with Gasteiger partial charge in [0.25, 0.3) is 0 Å². The largest absolute Gasteiger partial charge is 0.459 e. The molecule has 1 aromatic carbocycles. The number of benzene rings is 1. The van der Waals surface area contributed by atoms with Crippen molar-refractivity contribution in [2.45, 2.75) is 59.2 Å². The maximum Gasteiger partial charge on any atom is 0.192 e. The van der Waals surface area contributed by atoms with Crippen LogP contribution in [-0.4, -0.2) is 27.3 Å². The summed E-state index contributed by atoms with van der Waals surface area (Å²) >= 11 is 0. The Balaban J connectivity index is 0.00000240. The number of furan rings is 1. The molecule has 0 amide bonds. The number of hydrogen-bond donors (Lipinski definition) is 2. The van der Waals surface area contributed by atoms with Crippen LogP contribution in [0.1, 0.15) is 49.2 Å². The lowest BCUT2D eigenvalue weighted by molar-refractivity contribution is 0.534. The fourth-order valence-corrected chi connectivity index (χ4v) is 3.71. The molecule has 7 nitrogen and oxygen atoms in total. The number of aliphatic imine (C=N–C) groups is 1. The Bertz CT molecular complexity index is 977. The summed E-state index contributed by atoms with van der Waals surface area (Å²) in [5.74, 6) is 3.73. The van der Waals surface area contributed by atoms with Crippen LogP contribution >= 0.6 is 24.0 Å². The van der Waals surface area contributed by atoms with Gasteiger partial charge in [-0.15, -0.1) is 34.2 Å². The molecule has 1 aliphatic heterocycles. The Morgan fingerprint density at radius 2 is 2.03 bits per heavy atom. The Labute approximate surface area is 188 Å². The SMILES string of the molecule is CCNC(=NCc1nnc2n1CCCCC2)NCc1oc2ccccc2c1C.I. The van der Waals surface area contributed by atoms with E-state index in [0.29, 0.717) is 13.1 Å². The van der Waals surface area contributed by atoms with Gasteiger partial charge in [0.05, 0.1) is 6.54 Å². The zero-order chi connectivity index (χ0) is 19.3.